The molecule has 0 unspecified atom stereocenters. The van der Waals surface area contributed by atoms with Gasteiger partial charge < -0.3 is 10.2 Å². The van der Waals surface area contributed by atoms with Crippen LogP contribution in [0.4, 0.5) is 5.82 Å². The molecule has 0 saturated heterocycles. The molecule has 19 heavy (non-hydrogen) atoms. The molecule has 2 aromatic heterocycles. The standard InChI is InChI=1S/C13H9BrClN3O/c14-12-9(5-6-19-12)11-10(13(16)18-17-11)7-1-3-8(15)4-2-7/h1-6H,(H3,16,17,18). The number of hydrogen-bond acceptors (Lipinski definition) is 3. The Morgan fingerprint density at radius 1 is 1.21 bits per heavy atom. The minimum atomic E-state index is 0.436. The normalized spacial score (nSPS) is 10.8. The van der Waals surface area contributed by atoms with Gasteiger partial charge in [-0.15, -0.1) is 0 Å². The highest BCUT2D eigenvalue weighted by molar-refractivity contribution is 9.10. The van der Waals surface area contributed by atoms with E-state index in [4.69, 9.17) is 21.8 Å². The monoisotopic (exact) mass is 337 g/mol. The van der Waals surface area contributed by atoms with Crippen molar-refractivity contribution in [3.05, 3.63) is 46.3 Å². The molecule has 3 aromatic rings. The maximum atomic E-state index is 5.95. The van der Waals surface area contributed by atoms with E-state index in [9.17, 15) is 0 Å². The van der Waals surface area contributed by atoms with Crippen LogP contribution in [0.2, 0.25) is 5.02 Å². The molecule has 2 heterocycles. The van der Waals surface area contributed by atoms with Crippen molar-refractivity contribution in [3.63, 3.8) is 0 Å². The maximum Gasteiger partial charge on any atom is 0.178 e. The molecule has 0 radical (unpaired) electrons. The van der Waals surface area contributed by atoms with E-state index in [1.165, 1.54) is 0 Å². The molecule has 96 valence electrons. The van der Waals surface area contributed by atoms with Crippen LogP contribution >= 0.6 is 27.5 Å². The second kappa shape index (κ2) is 4.75. The SMILES string of the molecule is Nc1n[nH]c(-c2ccoc2Br)c1-c1ccc(Cl)cc1. The van der Waals surface area contributed by atoms with Gasteiger partial charge in [-0.1, -0.05) is 23.7 Å². The first kappa shape index (κ1) is 12.3. The highest BCUT2D eigenvalue weighted by Gasteiger charge is 2.18. The smallest absolute Gasteiger partial charge is 0.178 e. The number of nitrogen functional groups attached to an aromatic ring is 1. The summed E-state index contributed by atoms with van der Waals surface area (Å²) in [4.78, 5) is 0. The van der Waals surface area contributed by atoms with Gasteiger partial charge in [-0.05, 0) is 39.7 Å². The molecule has 0 spiro atoms. The fraction of sp³-hybridized carbons (Fsp3) is 0. The maximum absolute atomic E-state index is 5.95. The number of aromatic amines is 1. The van der Waals surface area contributed by atoms with E-state index in [0.29, 0.717) is 15.5 Å². The number of nitrogens with two attached hydrogens (primary N) is 1. The van der Waals surface area contributed by atoms with Crippen LogP contribution < -0.4 is 5.73 Å². The largest absolute Gasteiger partial charge is 0.457 e. The summed E-state index contributed by atoms with van der Waals surface area (Å²) in [6.07, 6.45) is 1.60. The second-order valence-electron chi connectivity index (χ2n) is 3.97. The summed E-state index contributed by atoms with van der Waals surface area (Å²) in [6, 6.07) is 9.29. The van der Waals surface area contributed by atoms with Gasteiger partial charge in [0.1, 0.15) is 0 Å². The summed E-state index contributed by atoms with van der Waals surface area (Å²) < 4.78 is 5.88. The molecule has 0 amide bonds. The highest BCUT2D eigenvalue weighted by atomic mass is 79.9. The third-order valence-corrected chi connectivity index (χ3v) is 3.68. The van der Waals surface area contributed by atoms with E-state index in [-0.39, 0.29) is 0 Å². The summed E-state index contributed by atoms with van der Waals surface area (Å²) in [5, 5.41) is 7.68. The van der Waals surface area contributed by atoms with Gasteiger partial charge >= 0.3 is 0 Å². The number of rotatable bonds is 2. The average Bonchev–Trinajstić information content (AvgIpc) is 2.97. The van der Waals surface area contributed by atoms with E-state index in [2.05, 4.69) is 26.1 Å². The molecule has 0 saturated carbocycles. The molecular weight excluding hydrogens is 330 g/mol. The molecule has 0 atom stereocenters. The number of aromatic nitrogens is 2. The molecule has 3 rings (SSSR count). The lowest BCUT2D eigenvalue weighted by Gasteiger charge is -2.03. The van der Waals surface area contributed by atoms with Crippen molar-refractivity contribution >= 4 is 33.3 Å². The third-order valence-electron chi connectivity index (χ3n) is 2.81. The lowest BCUT2D eigenvalue weighted by molar-refractivity contribution is 0.542. The summed E-state index contributed by atoms with van der Waals surface area (Å²) in [5.74, 6) is 0.436. The molecule has 6 heteroatoms. The number of furan rings is 1. The van der Waals surface area contributed by atoms with Crippen molar-refractivity contribution in [2.24, 2.45) is 0 Å². The van der Waals surface area contributed by atoms with Crippen molar-refractivity contribution in [1.82, 2.24) is 10.2 Å². The Labute approximate surface area is 122 Å². The summed E-state index contributed by atoms with van der Waals surface area (Å²) >= 11 is 9.25. The Morgan fingerprint density at radius 2 is 1.95 bits per heavy atom. The summed E-state index contributed by atoms with van der Waals surface area (Å²) in [5.41, 5.74) is 9.40. The van der Waals surface area contributed by atoms with Crippen molar-refractivity contribution < 1.29 is 4.42 Å². The van der Waals surface area contributed by atoms with E-state index in [1.54, 1.807) is 6.26 Å². The zero-order valence-corrected chi connectivity index (χ0v) is 12.0. The molecule has 0 aliphatic carbocycles. The van der Waals surface area contributed by atoms with Crippen LogP contribution in [-0.4, -0.2) is 10.2 Å². The van der Waals surface area contributed by atoms with Gasteiger partial charge in [0.05, 0.1) is 23.1 Å². The van der Waals surface area contributed by atoms with Gasteiger partial charge in [-0.25, -0.2) is 0 Å². The van der Waals surface area contributed by atoms with E-state index in [0.717, 1.165) is 22.4 Å². The summed E-state index contributed by atoms with van der Waals surface area (Å²) in [6.45, 7) is 0. The van der Waals surface area contributed by atoms with Crippen LogP contribution in [0.25, 0.3) is 22.4 Å². The lowest BCUT2D eigenvalue weighted by atomic mass is 10.0. The Bertz CT molecular complexity index is 718. The van der Waals surface area contributed by atoms with Gasteiger partial charge in [0.2, 0.25) is 0 Å². The summed E-state index contributed by atoms with van der Waals surface area (Å²) in [7, 11) is 0. The zero-order valence-electron chi connectivity index (χ0n) is 9.65. The molecule has 0 bridgehead atoms. The predicted molar refractivity (Wildman–Crippen MR) is 78.8 cm³/mol. The van der Waals surface area contributed by atoms with Crippen LogP contribution in [0.15, 0.2) is 45.7 Å². The number of anilines is 1. The Kier molecular flexibility index (Phi) is 3.08. The molecule has 3 N–H and O–H groups in total. The van der Waals surface area contributed by atoms with Crippen LogP contribution in [0.3, 0.4) is 0 Å². The van der Waals surface area contributed by atoms with Crippen LogP contribution in [-0.2, 0) is 0 Å². The van der Waals surface area contributed by atoms with Gasteiger partial charge in [0.15, 0.2) is 10.5 Å². The molecule has 4 nitrogen and oxygen atoms in total. The first-order valence-electron chi connectivity index (χ1n) is 5.50. The predicted octanol–water partition coefficient (Wildman–Crippen LogP) is 4.33. The van der Waals surface area contributed by atoms with Crippen molar-refractivity contribution in [1.29, 1.82) is 0 Å². The molecule has 0 fully saturated rings. The van der Waals surface area contributed by atoms with Crippen LogP contribution in [0.1, 0.15) is 0 Å². The van der Waals surface area contributed by atoms with Crippen LogP contribution in [0, 0.1) is 0 Å². The topological polar surface area (TPSA) is 67.8 Å². The molecule has 0 aliphatic heterocycles. The highest BCUT2D eigenvalue weighted by Crippen LogP contribution is 2.38. The third kappa shape index (κ3) is 2.15. The molecule has 0 aliphatic rings. The number of H-pyrrole nitrogens is 1. The van der Waals surface area contributed by atoms with Gasteiger partial charge in [-0.2, -0.15) is 5.10 Å². The molecular formula is C13H9BrClN3O. The number of nitrogens with one attached hydrogen (secondary N) is 1. The van der Waals surface area contributed by atoms with Crippen molar-refractivity contribution in [2.45, 2.75) is 0 Å². The Morgan fingerprint density at radius 3 is 2.58 bits per heavy atom. The molecule has 1 aromatic carbocycles. The number of benzene rings is 1. The van der Waals surface area contributed by atoms with Crippen molar-refractivity contribution in [2.75, 3.05) is 5.73 Å². The second-order valence-corrected chi connectivity index (χ2v) is 5.13. The van der Waals surface area contributed by atoms with Crippen LogP contribution in [0.5, 0.6) is 0 Å². The zero-order chi connectivity index (χ0) is 13.4. The fourth-order valence-corrected chi connectivity index (χ4v) is 2.50. The lowest BCUT2D eigenvalue weighted by Crippen LogP contribution is -1.88. The van der Waals surface area contributed by atoms with E-state index >= 15 is 0 Å². The number of nitrogens with zero attached hydrogens (tertiary/aromatic N) is 1. The van der Waals surface area contributed by atoms with E-state index < -0.39 is 0 Å². The Balaban J connectivity index is 2.19. The minimum absolute atomic E-state index is 0.436. The quantitative estimate of drug-likeness (QED) is 0.730. The van der Waals surface area contributed by atoms with Crippen molar-refractivity contribution in [3.8, 4) is 22.4 Å². The average molecular weight is 339 g/mol. The Hall–Kier alpha value is -1.72. The number of hydrogen-bond donors (Lipinski definition) is 2. The van der Waals surface area contributed by atoms with Gasteiger partial charge in [0, 0.05) is 5.02 Å². The van der Waals surface area contributed by atoms with Gasteiger partial charge in [-0.3, -0.25) is 5.10 Å². The van der Waals surface area contributed by atoms with Gasteiger partial charge in [0.25, 0.3) is 0 Å². The first-order valence-corrected chi connectivity index (χ1v) is 6.67. The number of halogens is 2. The first-order chi connectivity index (χ1) is 9.16. The van der Waals surface area contributed by atoms with E-state index in [1.807, 2.05) is 30.3 Å². The fourth-order valence-electron chi connectivity index (χ4n) is 1.93. The minimum Gasteiger partial charge on any atom is -0.457 e.